The minimum absolute atomic E-state index is 0.137. The van der Waals surface area contributed by atoms with Crippen molar-refractivity contribution in [2.45, 2.75) is 4.34 Å². The molecule has 2 rings (SSSR count). The highest BCUT2D eigenvalue weighted by molar-refractivity contribution is 8.01. The molecular formula is C17H14Cl2N4O2S2. The standard InChI is InChI=1S/C17H14Cl2N4O2S2/c1-3-5-11(4-2)20-14(24)9-26-17-23-22-16(27-17)21-15(25)10-6-7-12(18)13(19)8-10/h3-8H,1-2,9H2,(H,20,24)(H,21,22,25)/b11-5+. The highest BCUT2D eigenvalue weighted by Crippen LogP contribution is 2.27. The first-order valence-electron chi connectivity index (χ1n) is 7.40. The van der Waals surface area contributed by atoms with Crippen LogP contribution in [0.3, 0.4) is 0 Å². The number of carbonyl (C=O) groups excluding carboxylic acids is 2. The number of amides is 2. The minimum Gasteiger partial charge on any atom is -0.325 e. The molecule has 0 aliphatic carbocycles. The summed E-state index contributed by atoms with van der Waals surface area (Å²) < 4.78 is 0.544. The Hall–Kier alpha value is -2.13. The van der Waals surface area contributed by atoms with Crippen LogP contribution in [0.2, 0.25) is 10.0 Å². The lowest BCUT2D eigenvalue weighted by molar-refractivity contribution is -0.117. The van der Waals surface area contributed by atoms with Crippen LogP contribution >= 0.6 is 46.3 Å². The Bertz CT molecular complexity index is 912. The van der Waals surface area contributed by atoms with E-state index in [1.165, 1.54) is 30.0 Å². The van der Waals surface area contributed by atoms with Crippen molar-refractivity contribution in [3.8, 4) is 0 Å². The molecule has 140 valence electrons. The number of nitrogens with zero attached hydrogens (tertiary/aromatic N) is 2. The van der Waals surface area contributed by atoms with Gasteiger partial charge >= 0.3 is 0 Å². The second kappa shape index (κ2) is 10.3. The number of benzene rings is 1. The molecule has 1 aromatic heterocycles. The average molecular weight is 441 g/mol. The molecule has 0 aliphatic heterocycles. The van der Waals surface area contributed by atoms with Crippen LogP contribution < -0.4 is 10.6 Å². The molecule has 1 heterocycles. The molecule has 0 saturated heterocycles. The molecule has 0 saturated carbocycles. The van der Waals surface area contributed by atoms with Crippen molar-refractivity contribution in [1.82, 2.24) is 15.5 Å². The summed E-state index contributed by atoms with van der Waals surface area (Å²) in [5, 5.41) is 14.1. The first-order valence-corrected chi connectivity index (χ1v) is 9.96. The van der Waals surface area contributed by atoms with Crippen LogP contribution in [-0.4, -0.2) is 27.8 Å². The zero-order chi connectivity index (χ0) is 19.8. The van der Waals surface area contributed by atoms with E-state index in [1.54, 1.807) is 18.2 Å². The predicted octanol–water partition coefficient (Wildman–Crippen LogP) is 4.56. The van der Waals surface area contributed by atoms with Crippen molar-refractivity contribution < 1.29 is 9.59 Å². The number of aromatic nitrogens is 2. The first-order chi connectivity index (χ1) is 12.9. The van der Waals surface area contributed by atoms with Crippen LogP contribution in [0.15, 0.2) is 59.6 Å². The van der Waals surface area contributed by atoms with Gasteiger partial charge in [-0.2, -0.15) is 0 Å². The summed E-state index contributed by atoms with van der Waals surface area (Å²) >= 11 is 14.1. The lowest BCUT2D eigenvalue weighted by Crippen LogP contribution is -2.23. The van der Waals surface area contributed by atoms with Crippen molar-refractivity contribution >= 4 is 63.2 Å². The van der Waals surface area contributed by atoms with Gasteiger partial charge < -0.3 is 5.32 Å². The molecule has 0 fully saturated rings. The van der Waals surface area contributed by atoms with Crippen molar-refractivity contribution in [3.05, 3.63) is 70.9 Å². The summed E-state index contributed by atoms with van der Waals surface area (Å²) in [6.07, 6.45) is 4.71. The number of nitrogens with one attached hydrogen (secondary N) is 2. The first kappa shape index (κ1) is 21.2. The molecule has 2 N–H and O–H groups in total. The van der Waals surface area contributed by atoms with Gasteiger partial charge in [-0.05, 0) is 30.4 Å². The van der Waals surface area contributed by atoms with E-state index in [0.717, 1.165) is 11.3 Å². The van der Waals surface area contributed by atoms with Gasteiger partial charge in [-0.25, -0.2) is 0 Å². The molecule has 2 aromatic rings. The molecule has 0 aliphatic rings. The fraction of sp³-hybridized carbons (Fsp3) is 0.0588. The second-order valence-electron chi connectivity index (χ2n) is 4.85. The van der Waals surface area contributed by atoms with Gasteiger partial charge in [-0.1, -0.05) is 65.5 Å². The van der Waals surface area contributed by atoms with Gasteiger partial charge in [0, 0.05) is 11.3 Å². The quantitative estimate of drug-likeness (QED) is 0.357. The summed E-state index contributed by atoms with van der Waals surface area (Å²) in [6.45, 7) is 7.16. The maximum Gasteiger partial charge on any atom is 0.257 e. The van der Waals surface area contributed by atoms with Crippen LogP contribution in [0.5, 0.6) is 0 Å². The number of hydrogen-bond acceptors (Lipinski definition) is 6. The Morgan fingerprint density at radius 2 is 2.00 bits per heavy atom. The number of anilines is 1. The minimum atomic E-state index is -0.385. The van der Waals surface area contributed by atoms with Crippen LogP contribution in [0.4, 0.5) is 5.13 Å². The summed E-state index contributed by atoms with van der Waals surface area (Å²) in [6, 6.07) is 4.56. The molecule has 0 atom stereocenters. The molecule has 6 nitrogen and oxygen atoms in total. The SMILES string of the molecule is C=C/C=C(\C=C)NC(=O)CSc1nnc(NC(=O)c2ccc(Cl)c(Cl)c2)s1. The fourth-order valence-corrected chi connectivity index (χ4v) is 3.58. The fourth-order valence-electron chi connectivity index (χ4n) is 1.74. The van der Waals surface area contributed by atoms with Gasteiger partial charge in [0.1, 0.15) is 0 Å². The number of carbonyl (C=O) groups is 2. The summed E-state index contributed by atoms with van der Waals surface area (Å²) in [5.41, 5.74) is 0.904. The van der Waals surface area contributed by atoms with Gasteiger partial charge in [-0.15, -0.1) is 10.2 Å². The van der Waals surface area contributed by atoms with Gasteiger partial charge in [0.05, 0.1) is 15.8 Å². The van der Waals surface area contributed by atoms with Crippen LogP contribution in [0, 0.1) is 0 Å². The van der Waals surface area contributed by atoms with Crippen molar-refractivity contribution in [3.63, 3.8) is 0 Å². The lowest BCUT2D eigenvalue weighted by atomic mass is 10.2. The maximum absolute atomic E-state index is 12.2. The topological polar surface area (TPSA) is 84.0 Å². The largest absolute Gasteiger partial charge is 0.325 e. The maximum atomic E-state index is 12.2. The molecule has 0 unspecified atom stereocenters. The zero-order valence-electron chi connectivity index (χ0n) is 13.9. The number of hydrogen-bond donors (Lipinski definition) is 2. The molecular weight excluding hydrogens is 427 g/mol. The molecule has 0 spiro atoms. The monoisotopic (exact) mass is 440 g/mol. The van der Waals surface area contributed by atoms with Crippen molar-refractivity contribution in [2.75, 3.05) is 11.1 Å². The van der Waals surface area contributed by atoms with Crippen molar-refractivity contribution in [2.24, 2.45) is 0 Å². The van der Waals surface area contributed by atoms with E-state index in [1.807, 2.05) is 0 Å². The highest BCUT2D eigenvalue weighted by Gasteiger charge is 2.13. The molecule has 1 aromatic carbocycles. The smallest absolute Gasteiger partial charge is 0.257 e. The molecule has 0 bridgehead atoms. The third kappa shape index (κ3) is 6.51. The zero-order valence-corrected chi connectivity index (χ0v) is 17.0. The Kier molecular flexibility index (Phi) is 8.05. The Morgan fingerprint density at radius 1 is 1.22 bits per heavy atom. The molecule has 10 heteroatoms. The van der Waals surface area contributed by atoms with Crippen LogP contribution in [0.1, 0.15) is 10.4 Å². The molecule has 2 amide bonds. The average Bonchev–Trinajstić information content (AvgIpc) is 3.09. The Morgan fingerprint density at radius 3 is 2.67 bits per heavy atom. The predicted molar refractivity (Wildman–Crippen MR) is 112 cm³/mol. The van der Waals surface area contributed by atoms with Gasteiger partial charge in [0.15, 0.2) is 4.34 Å². The number of thioether (sulfide) groups is 1. The van der Waals surface area contributed by atoms with E-state index in [-0.39, 0.29) is 22.6 Å². The summed E-state index contributed by atoms with van der Waals surface area (Å²) in [5.74, 6) is -0.466. The third-order valence-electron chi connectivity index (χ3n) is 2.94. The van der Waals surface area contributed by atoms with E-state index in [2.05, 4.69) is 34.0 Å². The number of rotatable bonds is 8. The number of allylic oxidation sites excluding steroid dienone is 3. The summed E-state index contributed by atoms with van der Waals surface area (Å²) in [4.78, 5) is 24.1. The van der Waals surface area contributed by atoms with E-state index in [0.29, 0.717) is 25.8 Å². The third-order valence-corrected chi connectivity index (χ3v) is 5.65. The summed E-state index contributed by atoms with van der Waals surface area (Å²) in [7, 11) is 0. The Labute approximate surface area is 174 Å². The van der Waals surface area contributed by atoms with E-state index >= 15 is 0 Å². The van der Waals surface area contributed by atoms with E-state index in [9.17, 15) is 9.59 Å². The second-order valence-corrected chi connectivity index (χ2v) is 7.87. The van der Waals surface area contributed by atoms with Gasteiger partial charge in [0.25, 0.3) is 5.91 Å². The van der Waals surface area contributed by atoms with Crippen LogP contribution in [0.25, 0.3) is 0 Å². The van der Waals surface area contributed by atoms with Gasteiger partial charge in [-0.3, -0.25) is 14.9 Å². The van der Waals surface area contributed by atoms with Crippen LogP contribution in [-0.2, 0) is 4.79 Å². The van der Waals surface area contributed by atoms with E-state index in [4.69, 9.17) is 23.2 Å². The lowest BCUT2D eigenvalue weighted by Gasteiger charge is -2.03. The normalized spacial score (nSPS) is 11.0. The van der Waals surface area contributed by atoms with E-state index < -0.39 is 0 Å². The van der Waals surface area contributed by atoms with Gasteiger partial charge in [0.2, 0.25) is 11.0 Å². The number of halogens is 2. The molecule has 27 heavy (non-hydrogen) atoms. The Balaban J connectivity index is 1.90. The highest BCUT2D eigenvalue weighted by atomic mass is 35.5. The molecule has 0 radical (unpaired) electrons. The van der Waals surface area contributed by atoms with Crippen molar-refractivity contribution in [1.29, 1.82) is 0 Å².